The van der Waals surface area contributed by atoms with Crippen molar-refractivity contribution in [1.82, 2.24) is 0 Å². The molecular formula is C25H48. The number of rotatable bonds is 17. The molecule has 0 aromatic heterocycles. The summed E-state index contributed by atoms with van der Waals surface area (Å²) in [4.78, 5) is 0. The minimum absolute atomic E-state index is 0.980. The molecule has 0 amide bonds. The normalized spacial score (nSPS) is 18.0. The summed E-state index contributed by atoms with van der Waals surface area (Å²) in [6.45, 7) is 6.49. The molecule has 0 aromatic carbocycles. The van der Waals surface area contributed by atoms with Gasteiger partial charge in [0.15, 0.2) is 0 Å². The molecule has 0 N–H and O–H groups in total. The molecule has 0 heteroatoms. The first kappa shape index (κ1) is 22.8. The van der Waals surface area contributed by atoms with Gasteiger partial charge in [0.25, 0.3) is 0 Å². The lowest BCUT2D eigenvalue weighted by molar-refractivity contribution is 0.376. The third-order valence-electron chi connectivity index (χ3n) is 6.19. The minimum atomic E-state index is 0.980. The molecule has 0 saturated heterocycles. The second kappa shape index (κ2) is 17.2. The van der Waals surface area contributed by atoms with E-state index in [1.165, 1.54) is 140 Å². The first-order chi connectivity index (χ1) is 12.3. The van der Waals surface area contributed by atoms with Crippen LogP contribution < -0.4 is 0 Å². The smallest absolute Gasteiger partial charge is 0.0294 e. The highest BCUT2D eigenvalue weighted by Crippen LogP contribution is 2.30. The molecule has 1 aliphatic rings. The van der Waals surface area contributed by atoms with Crippen molar-refractivity contribution >= 4 is 0 Å². The molecule has 1 rings (SSSR count). The van der Waals surface area contributed by atoms with Crippen LogP contribution in [0, 0.1) is 5.92 Å². The highest BCUT2D eigenvalue weighted by molar-refractivity contribution is 4.98. The lowest BCUT2D eigenvalue weighted by Gasteiger charge is -2.23. The van der Waals surface area contributed by atoms with Crippen molar-refractivity contribution in [3.8, 4) is 0 Å². The number of unbranched alkanes of at least 4 members (excludes halogenated alkanes) is 15. The highest BCUT2D eigenvalue weighted by atomic mass is 14.2. The van der Waals surface area contributed by atoms with E-state index < -0.39 is 0 Å². The average Bonchev–Trinajstić information content (AvgIpc) is 2.61. The summed E-state index contributed by atoms with van der Waals surface area (Å²) in [7, 11) is 0. The molecule has 0 bridgehead atoms. The molecule has 0 aromatic rings. The van der Waals surface area contributed by atoms with Crippen LogP contribution in [0.5, 0.6) is 0 Å². The topological polar surface area (TPSA) is 0 Å². The monoisotopic (exact) mass is 348 g/mol. The largest absolute Gasteiger partial charge is 0.0999 e. The van der Waals surface area contributed by atoms with Crippen LogP contribution >= 0.6 is 0 Å². The SMILES string of the molecule is C=C1CCCC(CCCCCCCCCCCCCCCCCC)C1. The van der Waals surface area contributed by atoms with Crippen LogP contribution in [0.15, 0.2) is 12.2 Å². The Bertz CT molecular complexity index is 290. The van der Waals surface area contributed by atoms with Gasteiger partial charge in [-0.3, -0.25) is 0 Å². The van der Waals surface area contributed by atoms with Gasteiger partial charge in [-0.25, -0.2) is 0 Å². The van der Waals surface area contributed by atoms with Crippen LogP contribution in [-0.4, -0.2) is 0 Å². The Kier molecular flexibility index (Phi) is 15.6. The Labute approximate surface area is 160 Å². The standard InChI is InChI=1S/C25H48/c1-3-4-5-6-7-8-9-10-11-12-13-14-15-16-17-18-21-25-22-19-20-24(2)23-25/h25H,2-23H2,1H3. The molecule has 1 saturated carbocycles. The van der Waals surface area contributed by atoms with E-state index in [9.17, 15) is 0 Å². The third-order valence-corrected chi connectivity index (χ3v) is 6.19. The van der Waals surface area contributed by atoms with Crippen LogP contribution in [0.1, 0.15) is 142 Å². The summed E-state index contributed by atoms with van der Waals surface area (Å²) in [6, 6.07) is 0. The lowest BCUT2D eigenvalue weighted by Crippen LogP contribution is -2.07. The Morgan fingerprint density at radius 3 is 1.56 bits per heavy atom. The minimum Gasteiger partial charge on any atom is -0.0999 e. The van der Waals surface area contributed by atoms with E-state index in [1.54, 1.807) is 0 Å². The van der Waals surface area contributed by atoms with E-state index in [-0.39, 0.29) is 0 Å². The van der Waals surface area contributed by atoms with Crippen LogP contribution in [0.25, 0.3) is 0 Å². The first-order valence-electron chi connectivity index (χ1n) is 12.0. The molecule has 0 aliphatic heterocycles. The van der Waals surface area contributed by atoms with Crippen LogP contribution in [-0.2, 0) is 0 Å². The molecule has 0 nitrogen and oxygen atoms in total. The second-order valence-electron chi connectivity index (χ2n) is 8.80. The van der Waals surface area contributed by atoms with Gasteiger partial charge in [0, 0.05) is 0 Å². The highest BCUT2D eigenvalue weighted by Gasteiger charge is 2.14. The maximum absolute atomic E-state index is 4.19. The molecule has 0 radical (unpaired) electrons. The Morgan fingerprint density at radius 2 is 1.12 bits per heavy atom. The van der Waals surface area contributed by atoms with Gasteiger partial charge in [0.1, 0.15) is 0 Å². The van der Waals surface area contributed by atoms with Gasteiger partial charge in [-0.05, 0) is 31.6 Å². The van der Waals surface area contributed by atoms with E-state index in [0.717, 1.165) is 5.92 Å². The molecule has 0 spiro atoms. The van der Waals surface area contributed by atoms with Gasteiger partial charge >= 0.3 is 0 Å². The summed E-state index contributed by atoms with van der Waals surface area (Å²) >= 11 is 0. The molecule has 1 atom stereocenters. The third kappa shape index (κ3) is 14.6. The summed E-state index contributed by atoms with van der Waals surface area (Å²) in [5, 5.41) is 0. The van der Waals surface area contributed by atoms with Gasteiger partial charge in [0.2, 0.25) is 0 Å². The molecular weight excluding hydrogens is 300 g/mol. The summed E-state index contributed by atoms with van der Waals surface area (Å²) in [5.74, 6) is 0.980. The second-order valence-corrected chi connectivity index (χ2v) is 8.80. The average molecular weight is 349 g/mol. The van der Waals surface area contributed by atoms with E-state index in [1.807, 2.05) is 0 Å². The van der Waals surface area contributed by atoms with Crippen molar-refractivity contribution in [2.75, 3.05) is 0 Å². The molecule has 1 aliphatic carbocycles. The lowest BCUT2D eigenvalue weighted by atomic mass is 9.83. The predicted octanol–water partition coefficient (Wildman–Crippen LogP) is 9.38. The predicted molar refractivity (Wildman–Crippen MR) is 115 cm³/mol. The molecule has 148 valence electrons. The molecule has 1 unspecified atom stereocenters. The Balaban J connectivity index is 1.70. The van der Waals surface area contributed by atoms with Crippen molar-refractivity contribution in [1.29, 1.82) is 0 Å². The zero-order valence-electron chi connectivity index (χ0n) is 17.6. The van der Waals surface area contributed by atoms with Crippen LogP contribution in [0.4, 0.5) is 0 Å². The first-order valence-corrected chi connectivity index (χ1v) is 12.0. The fraction of sp³-hybridized carbons (Fsp3) is 0.920. The van der Waals surface area contributed by atoms with Crippen molar-refractivity contribution < 1.29 is 0 Å². The Hall–Kier alpha value is -0.260. The van der Waals surface area contributed by atoms with Crippen LogP contribution in [0.3, 0.4) is 0 Å². The zero-order chi connectivity index (χ0) is 18.0. The van der Waals surface area contributed by atoms with Crippen molar-refractivity contribution in [3.05, 3.63) is 12.2 Å². The van der Waals surface area contributed by atoms with Gasteiger partial charge in [-0.2, -0.15) is 0 Å². The number of hydrogen-bond donors (Lipinski definition) is 0. The Morgan fingerprint density at radius 1 is 0.680 bits per heavy atom. The van der Waals surface area contributed by atoms with E-state index >= 15 is 0 Å². The fourth-order valence-corrected chi connectivity index (χ4v) is 4.48. The maximum atomic E-state index is 4.19. The summed E-state index contributed by atoms with van der Waals surface area (Å²) in [6.07, 6.45) is 30.5. The van der Waals surface area contributed by atoms with E-state index in [4.69, 9.17) is 0 Å². The van der Waals surface area contributed by atoms with E-state index in [0.29, 0.717) is 0 Å². The van der Waals surface area contributed by atoms with Crippen molar-refractivity contribution in [2.45, 2.75) is 142 Å². The number of allylic oxidation sites excluding steroid dienone is 1. The zero-order valence-corrected chi connectivity index (χ0v) is 17.6. The maximum Gasteiger partial charge on any atom is -0.0294 e. The van der Waals surface area contributed by atoms with Gasteiger partial charge in [-0.1, -0.05) is 128 Å². The van der Waals surface area contributed by atoms with Gasteiger partial charge in [-0.15, -0.1) is 0 Å². The van der Waals surface area contributed by atoms with E-state index in [2.05, 4.69) is 13.5 Å². The van der Waals surface area contributed by atoms with Gasteiger partial charge in [0.05, 0.1) is 0 Å². The fourth-order valence-electron chi connectivity index (χ4n) is 4.48. The van der Waals surface area contributed by atoms with Crippen molar-refractivity contribution in [2.24, 2.45) is 5.92 Å². The quantitative estimate of drug-likeness (QED) is 0.181. The molecule has 1 fully saturated rings. The van der Waals surface area contributed by atoms with Gasteiger partial charge < -0.3 is 0 Å². The van der Waals surface area contributed by atoms with Crippen LogP contribution in [0.2, 0.25) is 0 Å². The number of hydrogen-bond acceptors (Lipinski definition) is 0. The summed E-state index contributed by atoms with van der Waals surface area (Å²) < 4.78 is 0. The summed E-state index contributed by atoms with van der Waals surface area (Å²) in [5.41, 5.74) is 1.52. The molecule has 25 heavy (non-hydrogen) atoms. The molecule has 0 heterocycles. The van der Waals surface area contributed by atoms with Crippen molar-refractivity contribution in [3.63, 3.8) is 0 Å².